The Balaban J connectivity index is 1.61. The van der Waals surface area contributed by atoms with E-state index in [4.69, 9.17) is 5.14 Å². The van der Waals surface area contributed by atoms with E-state index in [2.05, 4.69) is 0 Å². The Morgan fingerprint density at radius 2 is 1.50 bits per heavy atom. The van der Waals surface area contributed by atoms with Crippen molar-refractivity contribution in [1.82, 2.24) is 4.90 Å². The highest BCUT2D eigenvalue weighted by Gasteiger charge is 2.47. The first-order valence-electron chi connectivity index (χ1n) is 9.58. The minimum atomic E-state index is -3.75. The van der Waals surface area contributed by atoms with Gasteiger partial charge in [-0.2, -0.15) is 0 Å². The van der Waals surface area contributed by atoms with E-state index in [9.17, 15) is 18.3 Å². The van der Waals surface area contributed by atoms with Crippen molar-refractivity contribution in [2.45, 2.75) is 23.5 Å². The maximum atomic E-state index is 13.1. The molecule has 0 fully saturated rings. The van der Waals surface area contributed by atoms with Gasteiger partial charge in [-0.25, -0.2) is 13.6 Å². The van der Waals surface area contributed by atoms with Gasteiger partial charge in [-0.1, -0.05) is 60.7 Å². The third kappa shape index (κ3) is 3.75. The van der Waals surface area contributed by atoms with Crippen molar-refractivity contribution in [2.75, 3.05) is 6.54 Å². The maximum Gasteiger partial charge on any atom is 0.256 e. The molecule has 1 heterocycles. The second kappa shape index (κ2) is 7.68. The van der Waals surface area contributed by atoms with Crippen molar-refractivity contribution < 1.29 is 18.3 Å². The van der Waals surface area contributed by atoms with Crippen LogP contribution in [-0.2, 0) is 28.6 Å². The number of aliphatic hydroxyl groups is 1. The molecule has 1 atom stereocenters. The van der Waals surface area contributed by atoms with Crippen LogP contribution in [0, 0.1) is 0 Å². The summed E-state index contributed by atoms with van der Waals surface area (Å²) < 4.78 is 22.9. The summed E-state index contributed by atoms with van der Waals surface area (Å²) in [5, 5.41) is 16.8. The summed E-state index contributed by atoms with van der Waals surface area (Å²) in [6.07, 6.45) is 0.739. The summed E-state index contributed by atoms with van der Waals surface area (Å²) in [4.78, 5) is 14.6. The zero-order valence-electron chi connectivity index (χ0n) is 16.2. The molecule has 30 heavy (non-hydrogen) atoms. The Kier molecular flexibility index (Phi) is 5.19. The number of hydrogen-bond donors (Lipinski definition) is 2. The SMILES string of the molecule is NS(=O)(=O)c1ccc(CCN2C(=O)c3ccccc3[C@@]2(O)Cc2ccccc2)cc1. The predicted octanol–water partition coefficient (Wildman–Crippen LogP) is 2.42. The molecule has 0 radical (unpaired) electrons. The van der Waals surface area contributed by atoms with E-state index in [0.717, 1.165) is 11.1 Å². The molecular formula is C23H22N2O4S. The molecular weight excluding hydrogens is 400 g/mol. The number of carbonyl (C=O) groups excluding carboxylic acids is 1. The van der Waals surface area contributed by atoms with E-state index >= 15 is 0 Å². The molecule has 0 spiro atoms. The molecule has 0 aliphatic carbocycles. The minimum absolute atomic E-state index is 0.0384. The van der Waals surface area contributed by atoms with E-state index in [-0.39, 0.29) is 23.8 Å². The lowest BCUT2D eigenvalue weighted by Crippen LogP contribution is -2.46. The molecule has 6 nitrogen and oxygen atoms in total. The lowest BCUT2D eigenvalue weighted by Gasteiger charge is -2.34. The van der Waals surface area contributed by atoms with Crippen LogP contribution in [-0.4, -0.2) is 30.9 Å². The monoisotopic (exact) mass is 422 g/mol. The number of benzene rings is 3. The smallest absolute Gasteiger partial charge is 0.256 e. The number of fused-ring (bicyclic) bond motifs is 1. The number of nitrogens with zero attached hydrogens (tertiary/aromatic N) is 1. The van der Waals surface area contributed by atoms with Gasteiger partial charge in [-0.15, -0.1) is 0 Å². The number of carbonyl (C=O) groups is 1. The van der Waals surface area contributed by atoms with Crippen LogP contribution in [0.25, 0.3) is 0 Å². The van der Waals surface area contributed by atoms with Crippen LogP contribution in [0.2, 0.25) is 0 Å². The van der Waals surface area contributed by atoms with Crippen molar-refractivity contribution in [3.63, 3.8) is 0 Å². The third-order valence-electron chi connectivity index (χ3n) is 5.45. The number of rotatable bonds is 6. The van der Waals surface area contributed by atoms with Crippen LogP contribution < -0.4 is 5.14 Å². The average Bonchev–Trinajstić information content (AvgIpc) is 2.94. The molecule has 0 bridgehead atoms. The Hall–Kier alpha value is -3.00. The standard InChI is InChI=1S/C23H22N2O4S/c24-30(28,29)19-12-10-17(11-13-19)14-15-25-22(26)20-8-4-5-9-21(20)23(25,27)16-18-6-2-1-3-7-18/h1-13,27H,14-16H2,(H2,24,28,29)/t23-/m0/s1. The molecule has 1 amide bonds. The number of amides is 1. The first kappa shape index (κ1) is 20.3. The first-order chi connectivity index (χ1) is 14.3. The highest BCUT2D eigenvalue weighted by Crippen LogP contribution is 2.39. The van der Waals surface area contributed by atoms with Crippen LogP contribution in [0.4, 0.5) is 0 Å². The highest BCUT2D eigenvalue weighted by molar-refractivity contribution is 7.89. The van der Waals surface area contributed by atoms with Gasteiger partial charge in [0.1, 0.15) is 0 Å². The van der Waals surface area contributed by atoms with Crippen molar-refractivity contribution in [3.05, 3.63) is 101 Å². The van der Waals surface area contributed by atoms with Gasteiger partial charge in [0.15, 0.2) is 5.72 Å². The zero-order chi connectivity index (χ0) is 21.4. The molecule has 0 saturated carbocycles. The van der Waals surface area contributed by atoms with Crippen LogP contribution in [0.1, 0.15) is 27.0 Å². The van der Waals surface area contributed by atoms with Crippen molar-refractivity contribution >= 4 is 15.9 Å². The van der Waals surface area contributed by atoms with Gasteiger partial charge >= 0.3 is 0 Å². The lowest BCUT2D eigenvalue weighted by molar-refractivity contribution is -0.0831. The number of hydrogen-bond acceptors (Lipinski definition) is 4. The number of nitrogens with two attached hydrogens (primary N) is 1. The van der Waals surface area contributed by atoms with Crippen molar-refractivity contribution in [1.29, 1.82) is 0 Å². The molecule has 0 aromatic heterocycles. The van der Waals surface area contributed by atoms with E-state index in [1.807, 2.05) is 36.4 Å². The number of primary sulfonamides is 1. The van der Waals surface area contributed by atoms with Gasteiger partial charge in [-0.05, 0) is 35.7 Å². The zero-order valence-corrected chi connectivity index (χ0v) is 17.0. The molecule has 0 saturated heterocycles. The summed E-state index contributed by atoms with van der Waals surface area (Å²) in [7, 11) is -3.75. The normalized spacial score (nSPS) is 18.5. The maximum absolute atomic E-state index is 13.1. The van der Waals surface area contributed by atoms with Crippen LogP contribution in [0.3, 0.4) is 0 Å². The van der Waals surface area contributed by atoms with E-state index < -0.39 is 15.7 Å². The van der Waals surface area contributed by atoms with Crippen LogP contribution in [0.15, 0.2) is 83.8 Å². The van der Waals surface area contributed by atoms with E-state index in [0.29, 0.717) is 17.5 Å². The quantitative estimate of drug-likeness (QED) is 0.637. The molecule has 1 aliphatic rings. The summed E-state index contributed by atoms with van der Waals surface area (Å²) in [6, 6.07) is 22.9. The van der Waals surface area contributed by atoms with Crippen LogP contribution in [0.5, 0.6) is 0 Å². The first-order valence-corrected chi connectivity index (χ1v) is 11.1. The topological polar surface area (TPSA) is 101 Å². The molecule has 3 N–H and O–H groups in total. The van der Waals surface area contributed by atoms with Gasteiger partial charge in [0.05, 0.1) is 4.90 Å². The summed E-state index contributed by atoms with van der Waals surface area (Å²) in [6.45, 7) is 0.283. The fourth-order valence-electron chi connectivity index (χ4n) is 3.92. The van der Waals surface area contributed by atoms with E-state index in [1.165, 1.54) is 17.0 Å². The second-order valence-electron chi connectivity index (χ2n) is 7.42. The number of sulfonamides is 1. The van der Waals surface area contributed by atoms with Gasteiger partial charge < -0.3 is 10.0 Å². The van der Waals surface area contributed by atoms with E-state index in [1.54, 1.807) is 30.3 Å². The molecule has 3 aromatic rings. The molecule has 0 unspecified atom stereocenters. The lowest BCUT2D eigenvalue weighted by atomic mass is 9.94. The third-order valence-corrected chi connectivity index (χ3v) is 6.38. The summed E-state index contributed by atoms with van der Waals surface area (Å²) in [5.74, 6) is -0.217. The largest absolute Gasteiger partial charge is 0.366 e. The Labute approximate surface area is 175 Å². The van der Waals surface area contributed by atoms with Gasteiger partial charge in [0.2, 0.25) is 10.0 Å². The van der Waals surface area contributed by atoms with Crippen molar-refractivity contribution in [3.8, 4) is 0 Å². The minimum Gasteiger partial charge on any atom is -0.366 e. The fraction of sp³-hybridized carbons (Fsp3) is 0.174. The van der Waals surface area contributed by atoms with Gasteiger partial charge in [0, 0.05) is 24.1 Å². The Morgan fingerprint density at radius 3 is 2.17 bits per heavy atom. The highest BCUT2D eigenvalue weighted by atomic mass is 32.2. The molecule has 4 rings (SSSR count). The van der Waals surface area contributed by atoms with Gasteiger partial charge in [0.25, 0.3) is 5.91 Å². The van der Waals surface area contributed by atoms with Crippen molar-refractivity contribution in [2.24, 2.45) is 5.14 Å². The molecule has 7 heteroatoms. The Bertz CT molecular complexity index is 1180. The summed E-state index contributed by atoms with van der Waals surface area (Å²) >= 11 is 0. The Morgan fingerprint density at radius 1 is 0.867 bits per heavy atom. The van der Waals surface area contributed by atoms with Crippen LogP contribution >= 0.6 is 0 Å². The average molecular weight is 423 g/mol. The molecule has 1 aliphatic heterocycles. The second-order valence-corrected chi connectivity index (χ2v) is 8.98. The molecule has 3 aromatic carbocycles. The summed E-state index contributed by atoms with van der Waals surface area (Å²) in [5.41, 5.74) is 1.42. The van der Waals surface area contributed by atoms with Gasteiger partial charge in [-0.3, -0.25) is 4.79 Å². The predicted molar refractivity (Wildman–Crippen MR) is 113 cm³/mol. The molecule has 154 valence electrons. The fourth-order valence-corrected chi connectivity index (χ4v) is 4.44.